The Morgan fingerprint density at radius 1 is 1.65 bits per heavy atom. The predicted octanol–water partition coefficient (Wildman–Crippen LogP) is -1.38. The Balaban J connectivity index is 2.27. The van der Waals surface area contributed by atoms with E-state index in [9.17, 15) is 9.00 Å². The average molecular weight is 259 g/mol. The molecule has 17 heavy (non-hydrogen) atoms. The van der Waals surface area contributed by atoms with Gasteiger partial charge < -0.3 is 11.1 Å². The molecule has 0 aliphatic carbocycles. The summed E-state index contributed by atoms with van der Waals surface area (Å²) >= 11 is 0. The molecule has 0 aromatic carbocycles. The van der Waals surface area contributed by atoms with Gasteiger partial charge in [-0.05, 0) is 0 Å². The predicted molar refractivity (Wildman–Crippen MR) is 64.5 cm³/mol. The summed E-state index contributed by atoms with van der Waals surface area (Å²) in [5, 5.41) is 10.2. The number of hydrogen-bond acceptors (Lipinski definition) is 5. The summed E-state index contributed by atoms with van der Waals surface area (Å²) < 4.78 is 12.5. The van der Waals surface area contributed by atoms with Crippen molar-refractivity contribution in [2.24, 2.45) is 5.73 Å². The highest BCUT2D eigenvalue weighted by molar-refractivity contribution is 7.84. The summed E-state index contributed by atoms with van der Waals surface area (Å²) in [7, 11) is -0.853. The molecule has 0 spiro atoms. The Bertz CT molecular complexity index is 392. The molecule has 7 nitrogen and oxygen atoms in total. The molecule has 0 saturated carbocycles. The number of nitrogens with two attached hydrogens (primary N) is 1. The lowest BCUT2D eigenvalue weighted by Crippen LogP contribution is -2.31. The standard InChI is InChI=1S/C9H17N5O2S/c1-2-17(16)4-3-11-9(15)7-14-6-8(5-10)12-13-14/h6H,2-5,7,10H2,1H3,(H,11,15). The zero-order chi connectivity index (χ0) is 12.7. The molecule has 3 N–H and O–H groups in total. The van der Waals surface area contributed by atoms with Gasteiger partial charge in [0.05, 0.1) is 11.9 Å². The minimum atomic E-state index is -0.853. The maximum absolute atomic E-state index is 11.4. The van der Waals surface area contributed by atoms with Crippen molar-refractivity contribution in [3.63, 3.8) is 0 Å². The molecule has 0 bridgehead atoms. The van der Waals surface area contributed by atoms with Crippen molar-refractivity contribution in [1.82, 2.24) is 20.3 Å². The second kappa shape index (κ2) is 7.13. The van der Waals surface area contributed by atoms with Gasteiger partial charge in [-0.3, -0.25) is 9.00 Å². The molecule has 1 atom stereocenters. The van der Waals surface area contributed by atoms with Gasteiger partial charge in [0.1, 0.15) is 6.54 Å². The van der Waals surface area contributed by atoms with Crippen LogP contribution in [0.3, 0.4) is 0 Å². The molecule has 0 fully saturated rings. The fourth-order valence-corrected chi connectivity index (χ4v) is 1.78. The maximum atomic E-state index is 11.4. The molecule has 0 aliphatic rings. The van der Waals surface area contributed by atoms with E-state index < -0.39 is 10.8 Å². The van der Waals surface area contributed by atoms with Crippen molar-refractivity contribution in [3.8, 4) is 0 Å². The largest absolute Gasteiger partial charge is 0.354 e. The Morgan fingerprint density at radius 3 is 3.00 bits per heavy atom. The number of nitrogens with one attached hydrogen (secondary N) is 1. The number of carbonyl (C=O) groups is 1. The van der Waals surface area contributed by atoms with Crippen molar-refractivity contribution in [2.75, 3.05) is 18.1 Å². The molecule has 0 saturated heterocycles. The van der Waals surface area contributed by atoms with Crippen LogP contribution in [0.5, 0.6) is 0 Å². The second-order valence-corrected chi connectivity index (χ2v) is 5.26. The molecule has 1 rings (SSSR count). The van der Waals surface area contributed by atoms with Crippen molar-refractivity contribution < 1.29 is 9.00 Å². The first-order valence-corrected chi connectivity index (χ1v) is 6.85. The smallest absolute Gasteiger partial charge is 0.241 e. The van der Waals surface area contributed by atoms with Crippen LogP contribution in [0.1, 0.15) is 12.6 Å². The first-order chi connectivity index (χ1) is 8.15. The summed E-state index contributed by atoms with van der Waals surface area (Å²) in [6, 6.07) is 0. The molecule has 96 valence electrons. The summed E-state index contributed by atoms with van der Waals surface area (Å²) in [5.41, 5.74) is 6.02. The molecule has 1 amide bonds. The van der Waals surface area contributed by atoms with Gasteiger partial charge >= 0.3 is 0 Å². The molecular weight excluding hydrogens is 242 g/mol. The van der Waals surface area contributed by atoms with E-state index >= 15 is 0 Å². The van der Waals surface area contributed by atoms with Gasteiger partial charge in [0, 0.05) is 35.4 Å². The Morgan fingerprint density at radius 2 is 2.41 bits per heavy atom. The second-order valence-electron chi connectivity index (χ2n) is 3.39. The zero-order valence-electron chi connectivity index (χ0n) is 9.76. The lowest BCUT2D eigenvalue weighted by Gasteiger charge is -2.03. The number of carbonyl (C=O) groups excluding carboxylic acids is 1. The van der Waals surface area contributed by atoms with Crippen molar-refractivity contribution in [3.05, 3.63) is 11.9 Å². The first-order valence-electron chi connectivity index (χ1n) is 5.36. The van der Waals surface area contributed by atoms with Gasteiger partial charge in [-0.2, -0.15) is 0 Å². The highest BCUT2D eigenvalue weighted by Gasteiger charge is 2.05. The molecule has 8 heteroatoms. The summed E-state index contributed by atoms with van der Waals surface area (Å²) in [5.74, 6) is 0.915. The third-order valence-electron chi connectivity index (χ3n) is 2.07. The number of amides is 1. The lowest BCUT2D eigenvalue weighted by atomic mass is 10.5. The molecule has 1 heterocycles. The number of rotatable bonds is 7. The average Bonchev–Trinajstić information content (AvgIpc) is 2.76. The van der Waals surface area contributed by atoms with Gasteiger partial charge in [-0.1, -0.05) is 12.1 Å². The fourth-order valence-electron chi connectivity index (χ4n) is 1.16. The van der Waals surface area contributed by atoms with Crippen LogP contribution in [0.2, 0.25) is 0 Å². The molecule has 0 aliphatic heterocycles. The van der Waals surface area contributed by atoms with Gasteiger partial charge in [-0.15, -0.1) is 5.10 Å². The van der Waals surface area contributed by atoms with Gasteiger partial charge in [0.2, 0.25) is 5.91 Å². The van der Waals surface area contributed by atoms with Crippen LogP contribution in [0.15, 0.2) is 6.20 Å². The van der Waals surface area contributed by atoms with E-state index in [1.54, 1.807) is 6.20 Å². The summed E-state index contributed by atoms with van der Waals surface area (Å²) in [6.45, 7) is 2.67. The van der Waals surface area contributed by atoms with E-state index in [4.69, 9.17) is 5.73 Å². The van der Waals surface area contributed by atoms with Crippen LogP contribution in [-0.2, 0) is 28.7 Å². The van der Waals surface area contributed by atoms with Gasteiger partial charge in [-0.25, -0.2) is 4.68 Å². The third kappa shape index (κ3) is 5.05. The van der Waals surface area contributed by atoms with E-state index in [2.05, 4.69) is 15.6 Å². The Hall–Kier alpha value is -1.28. The maximum Gasteiger partial charge on any atom is 0.241 e. The molecule has 1 aromatic heterocycles. The minimum absolute atomic E-state index is 0.103. The number of nitrogens with zero attached hydrogens (tertiary/aromatic N) is 3. The third-order valence-corrected chi connectivity index (χ3v) is 3.38. The quantitative estimate of drug-likeness (QED) is 0.628. The van der Waals surface area contributed by atoms with Crippen molar-refractivity contribution in [2.45, 2.75) is 20.0 Å². The van der Waals surface area contributed by atoms with E-state index in [0.717, 1.165) is 0 Å². The molecule has 1 unspecified atom stereocenters. The monoisotopic (exact) mass is 259 g/mol. The highest BCUT2D eigenvalue weighted by atomic mass is 32.2. The fraction of sp³-hybridized carbons (Fsp3) is 0.667. The van der Waals surface area contributed by atoms with Crippen LogP contribution in [0, 0.1) is 0 Å². The van der Waals surface area contributed by atoms with E-state index in [1.807, 2.05) is 6.92 Å². The molecule has 0 radical (unpaired) electrons. The van der Waals surface area contributed by atoms with E-state index in [-0.39, 0.29) is 12.5 Å². The molecule has 1 aromatic rings. The van der Waals surface area contributed by atoms with Crippen LogP contribution in [-0.4, -0.2) is 43.2 Å². The number of aromatic nitrogens is 3. The van der Waals surface area contributed by atoms with Gasteiger partial charge in [0.25, 0.3) is 0 Å². The Kier molecular flexibility index (Phi) is 5.78. The summed E-state index contributed by atoms with van der Waals surface area (Å²) in [6.07, 6.45) is 1.63. The van der Waals surface area contributed by atoms with Crippen LogP contribution in [0.4, 0.5) is 0 Å². The van der Waals surface area contributed by atoms with Gasteiger partial charge in [0.15, 0.2) is 0 Å². The normalized spacial score (nSPS) is 12.4. The zero-order valence-corrected chi connectivity index (χ0v) is 10.6. The van der Waals surface area contributed by atoms with Crippen molar-refractivity contribution in [1.29, 1.82) is 0 Å². The Labute approximate surface area is 102 Å². The van der Waals surface area contributed by atoms with Crippen LogP contribution >= 0.6 is 0 Å². The SMILES string of the molecule is CCS(=O)CCNC(=O)Cn1cc(CN)nn1. The highest BCUT2D eigenvalue weighted by Crippen LogP contribution is 1.90. The summed E-state index contributed by atoms with van der Waals surface area (Å²) in [4.78, 5) is 11.4. The van der Waals surface area contributed by atoms with Crippen LogP contribution < -0.4 is 11.1 Å². The van der Waals surface area contributed by atoms with E-state index in [1.165, 1.54) is 4.68 Å². The topological polar surface area (TPSA) is 103 Å². The number of hydrogen-bond donors (Lipinski definition) is 2. The minimum Gasteiger partial charge on any atom is -0.354 e. The lowest BCUT2D eigenvalue weighted by molar-refractivity contribution is -0.121. The molecular formula is C9H17N5O2S. The first kappa shape index (κ1) is 13.8. The van der Waals surface area contributed by atoms with Crippen molar-refractivity contribution >= 4 is 16.7 Å². The van der Waals surface area contributed by atoms with Crippen LogP contribution in [0.25, 0.3) is 0 Å². The van der Waals surface area contributed by atoms with E-state index in [0.29, 0.717) is 30.3 Å².